The summed E-state index contributed by atoms with van der Waals surface area (Å²) in [4.78, 5) is 41.7. The minimum absolute atomic E-state index is 0.146. The Kier molecular flexibility index (Phi) is 9.01. The first kappa shape index (κ1) is 27.5. The highest BCUT2D eigenvalue weighted by atomic mass is 32.1. The normalized spacial score (nSPS) is 11.8. The Balaban J connectivity index is 1.63. The first-order valence-corrected chi connectivity index (χ1v) is 13.1. The van der Waals surface area contributed by atoms with Crippen LogP contribution in [0, 0.1) is 12.7 Å². The number of halogens is 1. The summed E-state index contributed by atoms with van der Waals surface area (Å²) in [6.07, 6.45) is 3.01. The lowest BCUT2D eigenvalue weighted by Gasteiger charge is -2.30. The summed E-state index contributed by atoms with van der Waals surface area (Å²) in [5.41, 5.74) is 2.27. The summed E-state index contributed by atoms with van der Waals surface area (Å²) in [5, 5.41) is 10.9. The van der Waals surface area contributed by atoms with Crippen molar-refractivity contribution in [2.45, 2.75) is 32.9 Å². The summed E-state index contributed by atoms with van der Waals surface area (Å²) in [5.74, 6) is -1.20. The van der Waals surface area contributed by atoms with Crippen LogP contribution in [-0.2, 0) is 27.3 Å². The number of amides is 3. The van der Waals surface area contributed by atoms with Gasteiger partial charge in [-0.15, -0.1) is 11.3 Å². The second-order valence-corrected chi connectivity index (χ2v) is 9.62. The lowest BCUT2D eigenvalue weighted by Crippen LogP contribution is -2.43. The lowest BCUT2D eigenvalue weighted by atomic mass is 10.1. The standard InChI is InChI=1S/C29H27FN4O4S/c1-3-20-8-12-23(13-9-20)34(27(36)15-14-26(35)32-25-17-19(2)38-33-25)28(24-5-4-16-39-24)29(37)31-18-21-6-10-22(30)11-7-21/h4-17,28H,3,18H2,1-2H3,(H,31,37)(H,32,33,35)/b15-14+. The summed E-state index contributed by atoms with van der Waals surface area (Å²) in [6, 6.07) is 17.2. The second-order valence-electron chi connectivity index (χ2n) is 8.64. The molecule has 0 bridgehead atoms. The smallest absolute Gasteiger partial charge is 0.252 e. The van der Waals surface area contributed by atoms with Crippen LogP contribution in [0.1, 0.15) is 34.7 Å². The SMILES string of the molecule is CCc1ccc(N(C(=O)/C=C/C(=O)Nc2cc(C)on2)C(C(=O)NCc2ccc(F)cc2)c2cccs2)cc1. The van der Waals surface area contributed by atoms with E-state index < -0.39 is 23.8 Å². The number of aryl methyl sites for hydroxylation is 2. The van der Waals surface area contributed by atoms with Crippen LogP contribution in [0.3, 0.4) is 0 Å². The number of hydrogen-bond donors (Lipinski definition) is 2. The average molecular weight is 547 g/mol. The van der Waals surface area contributed by atoms with Gasteiger partial charge in [0.15, 0.2) is 5.82 Å². The molecule has 2 aromatic heterocycles. The minimum Gasteiger partial charge on any atom is -0.360 e. The number of aromatic nitrogens is 1. The monoisotopic (exact) mass is 546 g/mol. The predicted molar refractivity (Wildman–Crippen MR) is 148 cm³/mol. The highest BCUT2D eigenvalue weighted by molar-refractivity contribution is 7.10. The maximum atomic E-state index is 13.6. The number of carbonyl (C=O) groups excluding carboxylic acids is 3. The van der Waals surface area contributed by atoms with Crippen LogP contribution in [0.25, 0.3) is 0 Å². The van der Waals surface area contributed by atoms with Crippen LogP contribution in [0.5, 0.6) is 0 Å². The van der Waals surface area contributed by atoms with Crippen LogP contribution in [0.2, 0.25) is 0 Å². The van der Waals surface area contributed by atoms with Gasteiger partial charge < -0.3 is 15.2 Å². The van der Waals surface area contributed by atoms with Crippen LogP contribution >= 0.6 is 11.3 Å². The number of nitrogens with one attached hydrogen (secondary N) is 2. The van der Waals surface area contributed by atoms with E-state index in [1.165, 1.54) is 28.4 Å². The molecule has 0 radical (unpaired) electrons. The van der Waals surface area contributed by atoms with E-state index in [4.69, 9.17) is 4.52 Å². The van der Waals surface area contributed by atoms with E-state index in [-0.39, 0.29) is 18.2 Å². The van der Waals surface area contributed by atoms with Gasteiger partial charge in [0.05, 0.1) is 0 Å². The molecule has 10 heteroatoms. The van der Waals surface area contributed by atoms with Crippen molar-refractivity contribution in [3.05, 3.63) is 112 Å². The zero-order valence-electron chi connectivity index (χ0n) is 21.4. The number of hydrogen-bond acceptors (Lipinski definition) is 6. The Hall–Kier alpha value is -4.57. The van der Waals surface area contributed by atoms with Gasteiger partial charge in [-0.2, -0.15) is 0 Å². The van der Waals surface area contributed by atoms with E-state index in [1.807, 2.05) is 24.4 Å². The molecule has 2 heterocycles. The van der Waals surface area contributed by atoms with Crippen molar-refractivity contribution in [1.82, 2.24) is 10.5 Å². The zero-order chi connectivity index (χ0) is 27.8. The average Bonchev–Trinajstić information content (AvgIpc) is 3.62. The third kappa shape index (κ3) is 7.26. The van der Waals surface area contributed by atoms with Gasteiger partial charge in [-0.05, 0) is 60.2 Å². The van der Waals surface area contributed by atoms with Crippen molar-refractivity contribution < 1.29 is 23.3 Å². The van der Waals surface area contributed by atoms with E-state index in [0.717, 1.165) is 24.1 Å². The molecule has 200 valence electrons. The first-order valence-electron chi connectivity index (χ1n) is 12.2. The van der Waals surface area contributed by atoms with E-state index in [1.54, 1.807) is 49.4 Å². The van der Waals surface area contributed by atoms with Crippen LogP contribution in [-0.4, -0.2) is 22.9 Å². The molecule has 1 unspecified atom stereocenters. The molecule has 0 aliphatic rings. The van der Waals surface area contributed by atoms with Crippen molar-refractivity contribution in [2.24, 2.45) is 0 Å². The molecule has 0 aliphatic heterocycles. The summed E-state index contributed by atoms with van der Waals surface area (Å²) < 4.78 is 18.3. The molecule has 0 saturated carbocycles. The van der Waals surface area contributed by atoms with Crippen molar-refractivity contribution in [3.8, 4) is 0 Å². The van der Waals surface area contributed by atoms with Gasteiger partial charge in [-0.25, -0.2) is 4.39 Å². The van der Waals surface area contributed by atoms with E-state index in [0.29, 0.717) is 21.9 Å². The molecule has 2 aromatic carbocycles. The number of rotatable bonds is 10. The Morgan fingerprint density at radius 2 is 1.77 bits per heavy atom. The minimum atomic E-state index is -1.02. The number of anilines is 2. The van der Waals surface area contributed by atoms with Gasteiger partial charge in [0.2, 0.25) is 11.8 Å². The molecule has 4 rings (SSSR count). The van der Waals surface area contributed by atoms with Crippen molar-refractivity contribution in [3.63, 3.8) is 0 Å². The molecule has 4 aromatic rings. The highest BCUT2D eigenvalue weighted by Gasteiger charge is 2.32. The van der Waals surface area contributed by atoms with Crippen molar-refractivity contribution >= 4 is 40.6 Å². The summed E-state index contributed by atoms with van der Waals surface area (Å²) in [6.45, 7) is 3.86. The maximum Gasteiger partial charge on any atom is 0.252 e. The van der Waals surface area contributed by atoms with Crippen LogP contribution in [0.4, 0.5) is 15.9 Å². The van der Waals surface area contributed by atoms with Gasteiger partial charge in [0, 0.05) is 35.3 Å². The molecule has 8 nitrogen and oxygen atoms in total. The lowest BCUT2D eigenvalue weighted by molar-refractivity contribution is -0.125. The van der Waals surface area contributed by atoms with Crippen LogP contribution in [0.15, 0.2) is 88.8 Å². The van der Waals surface area contributed by atoms with Crippen molar-refractivity contribution in [1.29, 1.82) is 0 Å². The highest BCUT2D eigenvalue weighted by Crippen LogP contribution is 2.31. The molecular weight excluding hydrogens is 519 g/mol. The molecule has 0 spiro atoms. The predicted octanol–water partition coefficient (Wildman–Crippen LogP) is 5.33. The fourth-order valence-electron chi connectivity index (χ4n) is 3.82. The zero-order valence-corrected chi connectivity index (χ0v) is 22.2. The van der Waals surface area contributed by atoms with Gasteiger partial charge in [0.1, 0.15) is 17.6 Å². The molecule has 3 amide bonds. The maximum absolute atomic E-state index is 13.6. The number of nitrogens with zero attached hydrogens (tertiary/aromatic N) is 2. The largest absolute Gasteiger partial charge is 0.360 e. The number of carbonyl (C=O) groups is 3. The fourth-order valence-corrected chi connectivity index (χ4v) is 4.64. The number of thiophene rings is 1. The fraction of sp³-hybridized carbons (Fsp3) is 0.172. The summed E-state index contributed by atoms with van der Waals surface area (Å²) in [7, 11) is 0. The van der Waals surface area contributed by atoms with E-state index in [9.17, 15) is 18.8 Å². The molecule has 1 atom stereocenters. The Morgan fingerprint density at radius 3 is 2.38 bits per heavy atom. The van der Waals surface area contributed by atoms with Gasteiger partial charge in [-0.3, -0.25) is 19.3 Å². The molecule has 0 saturated heterocycles. The molecule has 2 N–H and O–H groups in total. The number of benzene rings is 2. The van der Waals surface area contributed by atoms with E-state index in [2.05, 4.69) is 15.8 Å². The molecule has 39 heavy (non-hydrogen) atoms. The first-order chi connectivity index (χ1) is 18.8. The Bertz CT molecular complexity index is 1450. The Labute approximate surface area is 229 Å². The summed E-state index contributed by atoms with van der Waals surface area (Å²) >= 11 is 1.33. The van der Waals surface area contributed by atoms with Crippen molar-refractivity contribution in [2.75, 3.05) is 10.2 Å². The molecule has 0 fully saturated rings. The Morgan fingerprint density at radius 1 is 1.05 bits per heavy atom. The van der Waals surface area contributed by atoms with Gasteiger partial charge in [-0.1, -0.05) is 42.4 Å². The van der Waals surface area contributed by atoms with Gasteiger partial charge in [0.25, 0.3) is 5.91 Å². The van der Waals surface area contributed by atoms with E-state index >= 15 is 0 Å². The van der Waals surface area contributed by atoms with Crippen LogP contribution < -0.4 is 15.5 Å². The third-order valence-electron chi connectivity index (χ3n) is 5.82. The quantitative estimate of drug-likeness (QED) is 0.262. The molecule has 0 aliphatic carbocycles. The topological polar surface area (TPSA) is 105 Å². The van der Waals surface area contributed by atoms with Gasteiger partial charge >= 0.3 is 0 Å². The third-order valence-corrected chi connectivity index (χ3v) is 6.74. The second kappa shape index (κ2) is 12.8. The molecular formula is C29H27FN4O4S.